The van der Waals surface area contributed by atoms with E-state index in [4.69, 9.17) is 21.1 Å². The Balaban J connectivity index is 2.21. The Morgan fingerprint density at radius 1 is 1.22 bits per heavy atom. The first-order valence-electron chi connectivity index (χ1n) is 5.80. The fraction of sp³-hybridized carbons (Fsp3) is 0.357. The molecule has 0 bridgehead atoms. The summed E-state index contributed by atoms with van der Waals surface area (Å²) >= 11 is 5.86. The third-order valence-electron chi connectivity index (χ3n) is 2.94. The normalized spacial score (nSPS) is 15.6. The summed E-state index contributed by atoms with van der Waals surface area (Å²) in [5, 5.41) is 0.695. The molecule has 1 aromatic rings. The van der Waals surface area contributed by atoms with Crippen molar-refractivity contribution in [1.29, 1.82) is 0 Å². The summed E-state index contributed by atoms with van der Waals surface area (Å²) in [7, 11) is 1.56. The molecule has 18 heavy (non-hydrogen) atoms. The summed E-state index contributed by atoms with van der Waals surface area (Å²) in [6.07, 6.45) is 1.33. The summed E-state index contributed by atoms with van der Waals surface area (Å²) in [6.45, 7) is 0.509. The highest BCUT2D eigenvalue weighted by Gasteiger charge is 2.23. The Morgan fingerprint density at radius 2 is 1.94 bits per heavy atom. The number of benzene rings is 1. The number of rotatable bonds is 5. The van der Waals surface area contributed by atoms with Crippen LogP contribution in [0.4, 0.5) is 0 Å². The molecule has 0 saturated heterocycles. The highest BCUT2D eigenvalue weighted by atomic mass is 35.5. The van der Waals surface area contributed by atoms with Crippen molar-refractivity contribution in [3.8, 4) is 0 Å². The third-order valence-corrected chi connectivity index (χ3v) is 3.20. The van der Waals surface area contributed by atoms with Crippen LogP contribution < -0.4 is 0 Å². The molecule has 3 nitrogen and oxygen atoms in total. The van der Waals surface area contributed by atoms with Crippen molar-refractivity contribution < 1.29 is 14.3 Å². The molecule has 0 unspecified atom stereocenters. The van der Waals surface area contributed by atoms with Crippen LogP contribution in [0.5, 0.6) is 0 Å². The van der Waals surface area contributed by atoms with Gasteiger partial charge in [0.15, 0.2) is 5.78 Å². The second kappa shape index (κ2) is 6.14. The van der Waals surface area contributed by atoms with Gasteiger partial charge >= 0.3 is 0 Å². The van der Waals surface area contributed by atoms with E-state index in [1.807, 2.05) is 24.3 Å². The number of halogens is 1. The van der Waals surface area contributed by atoms with Crippen LogP contribution >= 0.6 is 11.6 Å². The molecule has 0 aliphatic heterocycles. The Bertz CT molecular complexity index is 462. The number of methoxy groups -OCH3 is 1. The van der Waals surface area contributed by atoms with E-state index >= 15 is 0 Å². The van der Waals surface area contributed by atoms with Crippen molar-refractivity contribution in [2.45, 2.75) is 12.8 Å². The van der Waals surface area contributed by atoms with E-state index in [1.165, 1.54) is 0 Å². The van der Waals surface area contributed by atoms with E-state index in [0.29, 0.717) is 18.1 Å². The van der Waals surface area contributed by atoms with E-state index in [-0.39, 0.29) is 12.6 Å². The number of carbonyl (C=O) groups excluding carboxylic acids is 1. The number of ether oxygens (including phenoxy) is 2. The third kappa shape index (κ3) is 2.99. The average molecular weight is 267 g/mol. The van der Waals surface area contributed by atoms with Gasteiger partial charge < -0.3 is 9.47 Å². The Morgan fingerprint density at radius 3 is 2.61 bits per heavy atom. The minimum atomic E-state index is 0.163. The molecule has 0 N–H and O–H groups in total. The van der Waals surface area contributed by atoms with Crippen LogP contribution in [0.25, 0.3) is 5.57 Å². The lowest BCUT2D eigenvalue weighted by Gasteiger charge is -2.07. The number of hydrogen-bond donors (Lipinski definition) is 0. The second-order valence-electron chi connectivity index (χ2n) is 4.14. The minimum Gasteiger partial charge on any atom is -0.359 e. The highest BCUT2D eigenvalue weighted by molar-refractivity contribution is 6.30. The van der Waals surface area contributed by atoms with Gasteiger partial charge in [-0.15, -0.1) is 0 Å². The van der Waals surface area contributed by atoms with Crippen LogP contribution in [0.1, 0.15) is 18.4 Å². The van der Waals surface area contributed by atoms with E-state index in [9.17, 15) is 4.79 Å². The fourth-order valence-corrected chi connectivity index (χ4v) is 2.20. The molecule has 0 aromatic heterocycles. The zero-order valence-corrected chi connectivity index (χ0v) is 11.0. The van der Waals surface area contributed by atoms with E-state index in [2.05, 4.69) is 0 Å². The Kier molecular flexibility index (Phi) is 4.53. The summed E-state index contributed by atoms with van der Waals surface area (Å²) in [5.41, 5.74) is 2.86. The van der Waals surface area contributed by atoms with Gasteiger partial charge in [0.05, 0.1) is 6.61 Å². The second-order valence-corrected chi connectivity index (χ2v) is 4.58. The molecule has 1 aliphatic rings. The summed E-state index contributed by atoms with van der Waals surface area (Å²) in [5.74, 6) is 0.163. The van der Waals surface area contributed by atoms with Crippen LogP contribution in [0.3, 0.4) is 0 Å². The highest BCUT2D eigenvalue weighted by Crippen LogP contribution is 2.32. The molecule has 4 heteroatoms. The molecule has 1 aliphatic carbocycles. The number of hydrogen-bond acceptors (Lipinski definition) is 3. The zero-order valence-electron chi connectivity index (χ0n) is 10.2. The number of Topliss-reactive ketones (excluding diaryl/α,β-unsaturated/α-hetero) is 1. The van der Waals surface area contributed by atoms with Gasteiger partial charge in [-0.1, -0.05) is 23.7 Å². The van der Waals surface area contributed by atoms with Gasteiger partial charge in [0, 0.05) is 24.1 Å². The van der Waals surface area contributed by atoms with Crippen molar-refractivity contribution >= 4 is 23.0 Å². The molecule has 0 heterocycles. The minimum absolute atomic E-state index is 0.163. The molecule has 2 rings (SSSR count). The van der Waals surface area contributed by atoms with Crippen LogP contribution in [-0.4, -0.2) is 26.3 Å². The molecule has 0 spiro atoms. The van der Waals surface area contributed by atoms with Crippen molar-refractivity contribution in [2.75, 3.05) is 20.5 Å². The van der Waals surface area contributed by atoms with Crippen LogP contribution in [-0.2, 0) is 14.3 Å². The lowest BCUT2D eigenvalue weighted by atomic mass is 10.0. The molecular formula is C14H15ClO3. The molecule has 0 amide bonds. The maximum absolute atomic E-state index is 11.8. The van der Waals surface area contributed by atoms with Gasteiger partial charge in [-0.2, -0.15) is 0 Å². The number of allylic oxidation sites excluding steroid dienone is 1. The SMILES string of the molecule is COCOCC1=C(c2ccc(Cl)cc2)CCC1=O. The standard InChI is InChI=1S/C14H15ClO3/c1-17-9-18-8-13-12(6-7-14(13)16)10-2-4-11(15)5-3-10/h2-5H,6-9H2,1H3. The maximum atomic E-state index is 11.8. The molecule has 1 aromatic carbocycles. The lowest BCUT2D eigenvalue weighted by molar-refractivity contribution is -0.116. The summed E-state index contributed by atoms with van der Waals surface area (Å²) < 4.78 is 10.1. The Hall–Kier alpha value is -1.16. The molecule has 0 fully saturated rings. The summed E-state index contributed by atoms with van der Waals surface area (Å²) in [6, 6.07) is 7.54. The molecule has 0 atom stereocenters. The first-order valence-corrected chi connectivity index (χ1v) is 6.18. The Labute approximate surface area is 111 Å². The van der Waals surface area contributed by atoms with Gasteiger partial charge in [-0.25, -0.2) is 0 Å². The first-order chi connectivity index (χ1) is 8.72. The van der Waals surface area contributed by atoms with E-state index < -0.39 is 0 Å². The van der Waals surface area contributed by atoms with Gasteiger partial charge in [0.2, 0.25) is 0 Å². The first kappa shape index (κ1) is 13.3. The van der Waals surface area contributed by atoms with Gasteiger partial charge in [-0.3, -0.25) is 4.79 Å². The monoisotopic (exact) mass is 266 g/mol. The topological polar surface area (TPSA) is 35.5 Å². The smallest absolute Gasteiger partial charge is 0.161 e. The predicted octanol–water partition coefficient (Wildman–Crippen LogP) is 3.08. The quantitative estimate of drug-likeness (QED) is 0.607. The average Bonchev–Trinajstić information content (AvgIpc) is 2.73. The molecule has 0 radical (unpaired) electrons. The maximum Gasteiger partial charge on any atom is 0.161 e. The van der Waals surface area contributed by atoms with Gasteiger partial charge in [0.1, 0.15) is 6.79 Å². The largest absolute Gasteiger partial charge is 0.359 e. The van der Waals surface area contributed by atoms with Crippen molar-refractivity contribution in [3.05, 3.63) is 40.4 Å². The van der Waals surface area contributed by atoms with Crippen molar-refractivity contribution in [2.24, 2.45) is 0 Å². The van der Waals surface area contributed by atoms with Crippen molar-refractivity contribution in [3.63, 3.8) is 0 Å². The van der Waals surface area contributed by atoms with E-state index in [0.717, 1.165) is 23.1 Å². The summed E-state index contributed by atoms with van der Waals surface area (Å²) in [4.78, 5) is 11.8. The number of carbonyl (C=O) groups is 1. The predicted molar refractivity (Wildman–Crippen MR) is 70.4 cm³/mol. The van der Waals surface area contributed by atoms with Crippen molar-refractivity contribution in [1.82, 2.24) is 0 Å². The molecule has 96 valence electrons. The van der Waals surface area contributed by atoms with Crippen LogP contribution in [0.15, 0.2) is 29.8 Å². The van der Waals surface area contributed by atoms with Crippen LogP contribution in [0, 0.1) is 0 Å². The molecular weight excluding hydrogens is 252 g/mol. The van der Waals surface area contributed by atoms with E-state index in [1.54, 1.807) is 7.11 Å². The lowest BCUT2D eigenvalue weighted by Crippen LogP contribution is -2.07. The fourth-order valence-electron chi connectivity index (χ4n) is 2.07. The zero-order chi connectivity index (χ0) is 13.0. The van der Waals surface area contributed by atoms with Gasteiger partial charge in [-0.05, 0) is 29.7 Å². The molecule has 0 saturated carbocycles. The van der Waals surface area contributed by atoms with Crippen LogP contribution in [0.2, 0.25) is 5.02 Å². The van der Waals surface area contributed by atoms with Gasteiger partial charge in [0.25, 0.3) is 0 Å². The number of ketones is 1.